The number of hydrogen-bond acceptors (Lipinski definition) is 2. The number of benzene rings is 1. The molecule has 0 unspecified atom stereocenters. The number of rotatable bonds is 7. The Morgan fingerprint density at radius 1 is 1.13 bits per heavy atom. The minimum Gasteiger partial charge on any atom is -0.357 e. The lowest BCUT2D eigenvalue weighted by molar-refractivity contribution is 0.432. The number of nitrogens with zero attached hydrogens (tertiary/aromatic N) is 1. The second-order valence-electron chi connectivity index (χ2n) is 6.35. The molecule has 0 fully saturated rings. The molecule has 1 aromatic rings. The fourth-order valence-corrected chi connectivity index (χ4v) is 1.99. The summed E-state index contributed by atoms with van der Waals surface area (Å²) in [6.07, 6.45) is 0.397. The van der Waals surface area contributed by atoms with E-state index in [1.54, 1.807) is 0 Å². The van der Waals surface area contributed by atoms with Crippen LogP contribution in [-0.4, -0.2) is 37.7 Å². The predicted molar refractivity (Wildman–Crippen MR) is 91.8 cm³/mol. The Labute approximate surface area is 137 Å². The number of nitrogens with one attached hydrogen (secondary N) is 3. The van der Waals surface area contributed by atoms with Gasteiger partial charge in [0.05, 0.1) is 6.54 Å². The van der Waals surface area contributed by atoms with Crippen molar-refractivity contribution in [1.82, 2.24) is 16.0 Å². The van der Waals surface area contributed by atoms with E-state index in [-0.39, 0.29) is 11.4 Å². The van der Waals surface area contributed by atoms with E-state index in [1.807, 2.05) is 6.92 Å². The summed E-state index contributed by atoms with van der Waals surface area (Å²) in [6.45, 7) is 10.9. The van der Waals surface area contributed by atoms with Crippen LogP contribution in [0.5, 0.6) is 0 Å². The molecule has 23 heavy (non-hydrogen) atoms. The zero-order valence-corrected chi connectivity index (χ0v) is 14.5. The monoisotopic (exact) mass is 326 g/mol. The zero-order valence-electron chi connectivity index (χ0n) is 14.5. The summed E-state index contributed by atoms with van der Waals surface area (Å²) in [7, 11) is 0. The molecule has 0 heterocycles. The summed E-state index contributed by atoms with van der Waals surface area (Å²) in [5.74, 6) is -0.125. The smallest absolute Gasteiger partial charge is 0.191 e. The third-order valence-electron chi connectivity index (χ3n) is 3.08. The third kappa shape index (κ3) is 8.50. The fraction of sp³-hybridized carbons (Fsp3) is 0.588. The molecular weight excluding hydrogens is 298 g/mol. The van der Waals surface area contributed by atoms with Crippen LogP contribution in [0.2, 0.25) is 0 Å². The molecular formula is C17H28F2N4. The lowest BCUT2D eigenvalue weighted by atomic mass is 10.1. The van der Waals surface area contributed by atoms with E-state index in [4.69, 9.17) is 0 Å². The standard InChI is InChI=1S/C17H28F2N4/c1-5-20-16(22-10-11-23-17(2,3)4)21-9-8-13-12-14(18)6-7-15(13)19/h6-7,12,23H,5,8-11H2,1-4H3,(H2,20,21,22). The molecule has 0 aliphatic carbocycles. The molecule has 4 nitrogen and oxygen atoms in total. The summed E-state index contributed by atoms with van der Waals surface area (Å²) in [6, 6.07) is 3.51. The van der Waals surface area contributed by atoms with Gasteiger partial charge < -0.3 is 16.0 Å². The average Bonchev–Trinajstić information content (AvgIpc) is 2.46. The molecule has 0 bridgehead atoms. The molecule has 0 saturated heterocycles. The first-order valence-electron chi connectivity index (χ1n) is 8.03. The van der Waals surface area contributed by atoms with Crippen molar-refractivity contribution < 1.29 is 8.78 Å². The van der Waals surface area contributed by atoms with Gasteiger partial charge in [-0.3, -0.25) is 4.99 Å². The highest BCUT2D eigenvalue weighted by Crippen LogP contribution is 2.09. The molecule has 3 N–H and O–H groups in total. The first-order valence-corrected chi connectivity index (χ1v) is 8.03. The van der Waals surface area contributed by atoms with Crippen molar-refractivity contribution in [3.05, 3.63) is 35.4 Å². The number of guanidine groups is 1. The average molecular weight is 326 g/mol. The molecule has 0 aliphatic rings. The van der Waals surface area contributed by atoms with Gasteiger partial charge >= 0.3 is 0 Å². The molecule has 130 valence electrons. The highest BCUT2D eigenvalue weighted by atomic mass is 19.1. The maximum atomic E-state index is 13.6. The Hall–Kier alpha value is -1.69. The molecule has 0 radical (unpaired) electrons. The van der Waals surface area contributed by atoms with E-state index in [0.29, 0.717) is 31.0 Å². The van der Waals surface area contributed by atoms with Crippen LogP contribution in [0.3, 0.4) is 0 Å². The Balaban J connectivity index is 2.44. The van der Waals surface area contributed by atoms with Crippen LogP contribution in [-0.2, 0) is 6.42 Å². The molecule has 0 aromatic heterocycles. The predicted octanol–water partition coefficient (Wildman–Crippen LogP) is 2.45. The SMILES string of the molecule is CCNC(=NCCNC(C)(C)C)NCCc1cc(F)ccc1F. The lowest BCUT2D eigenvalue weighted by Gasteiger charge is -2.20. The Kier molecular flexibility index (Phi) is 7.95. The van der Waals surface area contributed by atoms with Gasteiger partial charge in [-0.15, -0.1) is 0 Å². The molecule has 0 saturated carbocycles. The van der Waals surface area contributed by atoms with E-state index in [1.165, 1.54) is 6.07 Å². The summed E-state index contributed by atoms with van der Waals surface area (Å²) >= 11 is 0. The quantitative estimate of drug-likeness (QED) is 0.410. The number of hydrogen-bond donors (Lipinski definition) is 3. The van der Waals surface area contributed by atoms with E-state index in [2.05, 4.69) is 41.7 Å². The molecule has 1 rings (SSSR count). The molecule has 6 heteroatoms. The van der Waals surface area contributed by atoms with Gasteiger partial charge in [-0.25, -0.2) is 8.78 Å². The summed E-state index contributed by atoms with van der Waals surface area (Å²) in [5.41, 5.74) is 0.429. The Morgan fingerprint density at radius 2 is 1.87 bits per heavy atom. The van der Waals surface area contributed by atoms with Crippen molar-refractivity contribution in [2.45, 2.75) is 39.7 Å². The van der Waals surface area contributed by atoms with Crippen LogP contribution in [0.4, 0.5) is 8.78 Å². The van der Waals surface area contributed by atoms with Crippen LogP contribution in [0.1, 0.15) is 33.3 Å². The maximum Gasteiger partial charge on any atom is 0.191 e. The van der Waals surface area contributed by atoms with Crippen molar-refractivity contribution >= 4 is 5.96 Å². The number of halogens is 2. The topological polar surface area (TPSA) is 48.5 Å². The van der Waals surface area contributed by atoms with Crippen LogP contribution in [0.15, 0.2) is 23.2 Å². The van der Waals surface area contributed by atoms with Gasteiger partial charge in [-0.05, 0) is 57.9 Å². The highest BCUT2D eigenvalue weighted by Gasteiger charge is 2.07. The van der Waals surface area contributed by atoms with Crippen molar-refractivity contribution in [3.8, 4) is 0 Å². The van der Waals surface area contributed by atoms with E-state index >= 15 is 0 Å². The van der Waals surface area contributed by atoms with Crippen LogP contribution in [0, 0.1) is 11.6 Å². The van der Waals surface area contributed by atoms with Gasteiger partial charge in [0.25, 0.3) is 0 Å². The maximum absolute atomic E-state index is 13.6. The van der Waals surface area contributed by atoms with Gasteiger partial charge in [0.1, 0.15) is 11.6 Å². The Morgan fingerprint density at radius 3 is 2.52 bits per heavy atom. The van der Waals surface area contributed by atoms with Gasteiger partial charge in [-0.2, -0.15) is 0 Å². The largest absolute Gasteiger partial charge is 0.357 e. The first-order chi connectivity index (χ1) is 10.8. The minimum absolute atomic E-state index is 0.0657. The fourth-order valence-electron chi connectivity index (χ4n) is 1.99. The molecule has 0 spiro atoms. The van der Waals surface area contributed by atoms with Crippen molar-refractivity contribution in [1.29, 1.82) is 0 Å². The molecule has 0 atom stereocenters. The van der Waals surface area contributed by atoms with Crippen LogP contribution < -0.4 is 16.0 Å². The lowest BCUT2D eigenvalue weighted by Crippen LogP contribution is -2.40. The molecule has 1 aromatic carbocycles. The summed E-state index contributed by atoms with van der Waals surface area (Å²) < 4.78 is 26.7. The van der Waals surface area contributed by atoms with E-state index < -0.39 is 5.82 Å². The van der Waals surface area contributed by atoms with E-state index in [9.17, 15) is 8.78 Å². The highest BCUT2D eigenvalue weighted by molar-refractivity contribution is 5.79. The van der Waals surface area contributed by atoms with E-state index in [0.717, 1.165) is 25.2 Å². The molecule has 0 aliphatic heterocycles. The van der Waals surface area contributed by atoms with Crippen LogP contribution >= 0.6 is 0 Å². The summed E-state index contributed by atoms with van der Waals surface area (Å²) in [4.78, 5) is 4.45. The molecule has 0 amide bonds. The van der Waals surface area contributed by atoms with Crippen molar-refractivity contribution in [3.63, 3.8) is 0 Å². The van der Waals surface area contributed by atoms with Crippen LogP contribution in [0.25, 0.3) is 0 Å². The normalized spacial score (nSPS) is 12.3. The van der Waals surface area contributed by atoms with Gasteiger partial charge in [0.15, 0.2) is 5.96 Å². The second-order valence-corrected chi connectivity index (χ2v) is 6.35. The second kappa shape index (κ2) is 9.45. The summed E-state index contributed by atoms with van der Waals surface area (Å²) in [5, 5.41) is 9.63. The van der Waals surface area contributed by atoms with Gasteiger partial charge in [-0.1, -0.05) is 0 Å². The van der Waals surface area contributed by atoms with Crippen molar-refractivity contribution in [2.24, 2.45) is 4.99 Å². The van der Waals surface area contributed by atoms with Crippen molar-refractivity contribution in [2.75, 3.05) is 26.2 Å². The number of aliphatic imine (C=N–C) groups is 1. The first kappa shape index (κ1) is 19.4. The van der Waals surface area contributed by atoms with Gasteiger partial charge in [0.2, 0.25) is 0 Å². The third-order valence-corrected chi connectivity index (χ3v) is 3.08. The zero-order chi connectivity index (χ0) is 17.3. The minimum atomic E-state index is -0.421. The Bertz CT molecular complexity index is 510. The van der Waals surface area contributed by atoms with Gasteiger partial charge in [0, 0.05) is 25.2 Å².